The van der Waals surface area contributed by atoms with Gasteiger partial charge >= 0.3 is 6.18 Å². The Morgan fingerprint density at radius 2 is 1.63 bits per heavy atom. The zero-order chi connectivity index (χ0) is 14.0. The number of alkyl halides is 3. The summed E-state index contributed by atoms with van der Waals surface area (Å²) in [6, 6.07) is 13.3. The molecule has 2 aromatic carbocycles. The lowest BCUT2D eigenvalue weighted by Gasteiger charge is -2.09. The Balaban J connectivity index is 2.41. The van der Waals surface area contributed by atoms with Gasteiger partial charge in [0.2, 0.25) is 0 Å². The number of carbonyl (C=O) groups excluding carboxylic acids is 1. The van der Waals surface area contributed by atoms with Gasteiger partial charge in [-0.15, -0.1) is 0 Å². The summed E-state index contributed by atoms with van der Waals surface area (Å²) in [7, 11) is 0. The second-order valence-corrected chi connectivity index (χ2v) is 4.22. The molecule has 0 spiro atoms. The van der Waals surface area contributed by atoms with Crippen LogP contribution in [0, 0.1) is 6.92 Å². The fraction of sp³-hybridized carbons (Fsp3) is 0.133. The van der Waals surface area contributed by atoms with Gasteiger partial charge in [-0.3, -0.25) is 4.79 Å². The van der Waals surface area contributed by atoms with Gasteiger partial charge in [0, 0.05) is 5.56 Å². The summed E-state index contributed by atoms with van der Waals surface area (Å²) in [6.45, 7) is 1.69. The molecule has 0 aliphatic carbocycles. The van der Waals surface area contributed by atoms with Crippen molar-refractivity contribution in [3.8, 4) is 11.1 Å². The van der Waals surface area contributed by atoms with E-state index in [0.717, 1.165) is 11.1 Å². The van der Waals surface area contributed by atoms with E-state index in [4.69, 9.17) is 0 Å². The minimum atomic E-state index is -4.83. The zero-order valence-corrected chi connectivity index (χ0v) is 10.2. The van der Waals surface area contributed by atoms with Crippen molar-refractivity contribution >= 4 is 5.78 Å². The summed E-state index contributed by atoms with van der Waals surface area (Å²) in [5, 5.41) is 0. The third-order valence-corrected chi connectivity index (χ3v) is 2.83. The maximum atomic E-state index is 12.3. The number of halogens is 3. The van der Waals surface area contributed by atoms with Crippen molar-refractivity contribution in [3.63, 3.8) is 0 Å². The molecular weight excluding hydrogens is 253 g/mol. The van der Waals surface area contributed by atoms with Gasteiger partial charge in [0.05, 0.1) is 0 Å². The maximum Gasteiger partial charge on any atom is 0.454 e. The first-order chi connectivity index (χ1) is 8.89. The van der Waals surface area contributed by atoms with E-state index >= 15 is 0 Å². The third-order valence-electron chi connectivity index (χ3n) is 2.83. The fourth-order valence-corrected chi connectivity index (χ4v) is 1.91. The Labute approximate surface area is 108 Å². The predicted molar refractivity (Wildman–Crippen MR) is 67.0 cm³/mol. The van der Waals surface area contributed by atoms with Crippen molar-refractivity contribution in [2.24, 2.45) is 0 Å². The normalized spacial score (nSPS) is 11.4. The molecule has 0 aliphatic rings. The lowest BCUT2D eigenvalue weighted by molar-refractivity contribution is -0.0885. The van der Waals surface area contributed by atoms with Crippen molar-refractivity contribution in [3.05, 3.63) is 59.7 Å². The molecule has 19 heavy (non-hydrogen) atoms. The number of rotatable bonds is 2. The van der Waals surface area contributed by atoms with Crippen LogP contribution >= 0.6 is 0 Å². The average Bonchev–Trinajstić information content (AvgIpc) is 2.37. The van der Waals surface area contributed by atoms with Crippen molar-refractivity contribution in [1.29, 1.82) is 0 Å². The van der Waals surface area contributed by atoms with E-state index in [2.05, 4.69) is 0 Å². The molecular formula is C15H11F3O. The SMILES string of the molecule is Cc1cc(C(=O)C(F)(F)F)ccc1-c1ccccc1. The highest BCUT2D eigenvalue weighted by atomic mass is 19.4. The Kier molecular flexibility index (Phi) is 3.42. The lowest BCUT2D eigenvalue weighted by Crippen LogP contribution is -2.22. The van der Waals surface area contributed by atoms with E-state index in [1.54, 1.807) is 13.0 Å². The summed E-state index contributed by atoms with van der Waals surface area (Å²) >= 11 is 0. The summed E-state index contributed by atoms with van der Waals surface area (Å²) in [5.74, 6) is -1.81. The van der Waals surface area contributed by atoms with E-state index in [0.29, 0.717) is 5.56 Å². The van der Waals surface area contributed by atoms with Gasteiger partial charge in [0.1, 0.15) is 0 Å². The topological polar surface area (TPSA) is 17.1 Å². The minimum Gasteiger partial charge on any atom is -0.284 e. The van der Waals surface area contributed by atoms with Crippen LogP contribution in [0.4, 0.5) is 13.2 Å². The van der Waals surface area contributed by atoms with Crippen LogP contribution in [0.5, 0.6) is 0 Å². The molecule has 2 aromatic rings. The molecule has 0 heterocycles. The molecule has 98 valence electrons. The van der Waals surface area contributed by atoms with Gasteiger partial charge in [0.15, 0.2) is 0 Å². The second kappa shape index (κ2) is 4.88. The van der Waals surface area contributed by atoms with Crippen molar-refractivity contribution in [2.75, 3.05) is 0 Å². The molecule has 2 rings (SSSR count). The quantitative estimate of drug-likeness (QED) is 0.734. The van der Waals surface area contributed by atoms with Gasteiger partial charge in [-0.25, -0.2) is 0 Å². The summed E-state index contributed by atoms with van der Waals surface area (Å²) in [5.41, 5.74) is 2.04. The molecule has 0 aliphatic heterocycles. The molecule has 4 heteroatoms. The zero-order valence-electron chi connectivity index (χ0n) is 10.2. The van der Waals surface area contributed by atoms with Crippen LogP contribution in [-0.4, -0.2) is 12.0 Å². The number of benzene rings is 2. The molecule has 0 N–H and O–H groups in total. The molecule has 0 aromatic heterocycles. The molecule has 0 saturated carbocycles. The second-order valence-electron chi connectivity index (χ2n) is 4.22. The first kappa shape index (κ1) is 13.3. The van der Waals surface area contributed by atoms with E-state index < -0.39 is 12.0 Å². The standard InChI is InChI=1S/C15H11F3O/c1-10-9-12(14(19)15(16,17)18)7-8-13(10)11-5-3-2-4-6-11/h2-9H,1H3. The van der Waals surface area contributed by atoms with Gasteiger partial charge < -0.3 is 0 Å². The molecule has 0 amide bonds. The molecule has 0 unspecified atom stereocenters. The van der Waals surface area contributed by atoms with Crippen LogP contribution in [0.25, 0.3) is 11.1 Å². The minimum absolute atomic E-state index is 0.329. The molecule has 0 radical (unpaired) electrons. The molecule has 0 bridgehead atoms. The van der Waals surface area contributed by atoms with Crippen molar-refractivity contribution in [2.45, 2.75) is 13.1 Å². The number of aryl methyl sites for hydroxylation is 1. The third kappa shape index (κ3) is 2.84. The summed E-state index contributed by atoms with van der Waals surface area (Å²) in [4.78, 5) is 11.1. The van der Waals surface area contributed by atoms with Crippen LogP contribution in [0.3, 0.4) is 0 Å². The van der Waals surface area contributed by atoms with E-state index in [-0.39, 0.29) is 5.56 Å². The van der Waals surface area contributed by atoms with Crippen LogP contribution in [0.15, 0.2) is 48.5 Å². The first-order valence-electron chi connectivity index (χ1n) is 5.67. The molecule has 0 fully saturated rings. The number of ketones is 1. The number of hydrogen-bond donors (Lipinski definition) is 0. The van der Waals surface area contributed by atoms with E-state index in [1.807, 2.05) is 30.3 Å². The molecule has 0 atom stereocenters. The lowest BCUT2D eigenvalue weighted by atomic mass is 9.97. The predicted octanol–water partition coefficient (Wildman–Crippen LogP) is 4.41. The van der Waals surface area contributed by atoms with E-state index in [9.17, 15) is 18.0 Å². The van der Waals surface area contributed by atoms with Crippen LogP contribution in [0.2, 0.25) is 0 Å². The van der Waals surface area contributed by atoms with Gasteiger partial charge in [-0.05, 0) is 29.7 Å². The highest BCUT2D eigenvalue weighted by Gasteiger charge is 2.39. The number of carbonyl (C=O) groups is 1. The van der Waals surface area contributed by atoms with Gasteiger partial charge in [-0.2, -0.15) is 13.2 Å². The smallest absolute Gasteiger partial charge is 0.284 e. The van der Waals surface area contributed by atoms with Crippen LogP contribution < -0.4 is 0 Å². The van der Waals surface area contributed by atoms with Gasteiger partial charge in [0.25, 0.3) is 5.78 Å². The highest BCUT2D eigenvalue weighted by Crippen LogP contribution is 2.27. The van der Waals surface area contributed by atoms with Gasteiger partial charge in [-0.1, -0.05) is 42.5 Å². The fourth-order valence-electron chi connectivity index (χ4n) is 1.91. The Hall–Kier alpha value is -2.10. The molecule has 0 saturated heterocycles. The largest absolute Gasteiger partial charge is 0.454 e. The number of Topliss-reactive ketones (excluding diaryl/α,β-unsaturated/α-hetero) is 1. The number of hydrogen-bond acceptors (Lipinski definition) is 1. The summed E-state index contributed by atoms with van der Waals surface area (Å²) in [6.07, 6.45) is -4.83. The maximum absolute atomic E-state index is 12.3. The Bertz CT molecular complexity index is 601. The molecule has 1 nitrogen and oxygen atoms in total. The van der Waals surface area contributed by atoms with Crippen molar-refractivity contribution in [1.82, 2.24) is 0 Å². The first-order valence-corrected chi connectivity index (χ1v) is 5.67. The summed E-state index contributed by atoms with van der Waals surface area (Å²) < 4.78 is 37.0. The monoisotopic (exact) mass is 264 g/mol. The van der Waals surface area contributed by atoms with Crippen LogP contribution in [0.1, 0.15) is 15.9 Å². The Morgan fingerprint density at radius 3 is 2.16 bits per heavy atom. The average molecular weight is 264 g/mol. The van der Waals surface area contributed by atoms with Crippen LogP contribution in [-0.2, 0) is 0 Å². The Morgan fingerprint density at radius 1 is 1.00 bits per heavy atom. The highest BCUT2D eigenvalue weighted by molar-refractivity contribution is 6.00. The van der Waals surface area contributed by atoms with Crippen molar-refractivity contribution < 1.29 is 18.0 Å². The van der Waals surface area contributed by atoms with E-state index in [1.165, 1.54) is 12.1 Å².